The van der Waals surface area contributed by atoms with Gasteiger partial charge in [0.1, 0.15) is 5.82 Å². The molecule has 1 aromatic rings. The standard InChI is InChI=1S/C10H14FNS/c1-8-7-9(3-4-10(8)11)12-5-6-13-2/h3-4,7,12H,5-6H2,1-2H3. The molecule has 0 amide bonds. The zero-order valence-electron chi connectivity index (χ0n) is 7.93. The third-order valence-corrected chi connectivity index (χ3v) is 2.41. The van der Waals surface area contributed by atoms with E-state index in [1.165, 1.54) is 6.07 Å². The fraction of sp³-hybridized carbons (Fsp3) is 0.400. The van der Waals surface area contributed by atoms with Crippen molar-refractivity contribution in [3.8, 4) is 0 Å². The second-order valence-electron chi connectivity index (χ2n) is 2.88. The van der Waals surface area contributed by atoms with Crippen LogP contribution in [0.5, 0.6) is 0 Å². The lowest BCUT2D eigenvalue weighted by atomic mass is 10.2. The van der Waals surface area contributed by atoms with Crippen molar-refractivity contribution in [2.24, 2.45) is 0 Å². The van der Waals surface area contributed by atoms with Crippen LogP contribution in [-0.2, 0) is 0 Å². The molecule has 0 aliphatic carbocycles. The minimum atomic E-state index is -0.143. The fourth-order valence-corrected chi connectivity index (χ4v) is 1.36. The molecule has 72 valence electrons. The first-order chi connectivity index (χ1) is 6.24. The third kappa shape index (κ3) is 3.27. The lowest BCUT2D eigenvalue weighted by Crippen LogP contribution is -2.03. The van der Waals surface area contributed by atoms with Crippen molar-refractivity contribution >= 4 is 17.4 Å². The van der Waals surface area contributed by atoms with E-state index in [9.17, 15) is 4.39 Å². The van der Waals surface area contributed by atoms with Crippen molar-refractivity contribution in [3.05, 3.63) is 29.6 Å². The molecule has 0 heterocycles. The second-order valence-corrected chi connectivity index (χ2v) is 3.87. The number of hydrogen-bond acceptors (Lipinski definition) is 2. The Kier molecular flexibility index (Phi) is 4.09. The van der Waals surface area contributed by atoms with Crippen LogP contribution in [0.3, 0.4) is 0 Å². The van der Waals surface area contributed by atoms with E-state index in [1.807, 2.05) is 6.07 Å². The van der Waals surface area contributed by atoms with E-state index in [4.69, 9.17) is 0 Å². The quantitative estimate of drug-likeness (QED) is 0.748. The van der Waals surface area contributed by atoms with E-state index in [0.717, 1.165) is 18.0 Å². The molecule has 0 radical (unpaired) electrons. The van der Waals surface area contributed by atoms with E-state index in [1.54, 1.807) is 24.8 Å². The molecule has 0 aliphatic heterocycles. The zero-order chi connectivity index (χ0) is 9.68. The molecular weight excluding hydrogens is 185 g/mol. The molecule has 0 aliphatic rings. The number of anilines is 1. The Balaban J connectivity index is 2.53. The highest BCUT2D eigenvalue weighted by Gasteiger charge is 1.97. The Hall–Kier alpha value is -0.700. The van der Waals surface area contributed by atoms with Crippen LogP contribution in [0.15, 0.2) is 18.2 Å². The van der Waals surface area contributed by atoms with Crippen molar-refractivity contribution in [3.63, 3.8) is 0 Å². The zero-order valence-corrected chi connectivity index (χ0v) is 8.75. The second kappa shape index (κ2) is 5.12. The maximum absolute atomic E-state index is 12.9. The maximum Gasteiger partial charge on any atom is 0.126 e. The summed E-state index contributed by atoms with van der Waals surface area (Å²) in [4.78, 5) is 0. The average Bonchev–Trinajstić information content (AvgIpc) is 2.12. The molecule has 0 atom stereocenters. The molecule has 3 heteroatoms. The molecule has 1 N–H and O–H groups in total. The highest BCUT2D eigenvalue weighted by atomic mass is 32.2. The summed E-state index contributed by atoms with van der Waals surface area (Å²) in [5.41, 5.74) is 1.68. The number of thioether (sulfide) groups is 1. The molecule has 0 unspecified atom stereocenters. The summed E-state index contributed by atoms with van der Waals surface area (Å²) in [6.45, 7) is 2.70. The Morgan fingerprint density at radius 2 is 2.23 bits per heavy atom. The molecule has 1 nitrogen and oxygen atoms in total. The van der Waals surface area contributed by atoms with E-state index in [-0.39, 0.29) is 5.82 Å². The predicted molar refractivity (Wildman–Crippen MR) is 58.0 cm³/mol. The highest BCUT2D eigenvalue weighted by Crippen LogP contribution is 2.13. The minimum Gasteiger partial charge on any atom is -0.384 e. The van der Waals surface area contributed by atoms with Crippen LogP contribution in [-0.4, -0.2) is 18.6 Å². The number of nitrogens with one attached hydrogen (secondary N) is 1. The molecule has 0 saturated carbocycles. The van der Waals surface area contributed by atoms with Gasteiger partial charge in [-0.2, -0.15) is 11.8 Å². The first-order valence-corrected chi connectivity index (χ1v) is 5.62. The first-order valence-electron chi connectivity index (χ1n) is 4.23. The molecule has 0 fully saturated rings. The molecule has 0 bridgehead atoms. The Morgan fingerprint density at radius 1 is 1.46 bits per heavy atom. The number of halogens is 1. The lowest BCUT2D eigenvalue weighted by molar-refractivity contribution is 0.618. The van der Waals surface area contributed by atoms with Gasteiger partial charge in [0.15, 0.2) is 0 Å². The van der Waals surface area contributed by atoms with E-state index in [0.29, 0.717) is 5.56 Å². The van der Waals surface area contributed by atoms with Crippen LogP contribution in [0.25, 0.3) is 0 Å². The molecule has 1 rings (SSSR count). The normalized spacial score (nSPS) is 10.1. The Labute approximate surface area is 82.7 Å². The maximum atomic E-state index is 12.9. The van der Waals surface area contributed by atoms with Crippen LogP contribution < -0.4 is 5.32 Å². The monoisotopic (exact) mass is 199 g/mol. The lowest BCUT2D eigenvalue weighted by Gasteiger charge is -2.06. The van der Waals surface area contributed by atoms with E-state index in [2.05, 4.69) is 11.6 Å². The minimum absolute atomic E-state index is 0.143. The summed E-state index contributed by atoms with van der Waals surface area (Å²) in [5, 5.41) is 3.23. The highest BCUT2D eigenvalue weighted by molar-refractivity contribution is 7.98. The van der Waals surface area contributed by atoms with Crippen molar-refractivity contribution in [2.45, 2.75) is 6.92 Å². The average molecular weight is 199 g/mol. The summed E-state index contributed by atoms with van der Waals surface area (Å²) in [6.07, 6.45) is 2.07. The van der Waals surface area contributed by atoms with Crippen LogP contribution in [0.1, 0.15) is 5.56 Å². The third-order valence-electron chi connectivity index (χ3n) is 1.79. The Morgan fingerprint density at radius 3 is 2.85 bits per heavy atom. The molecule has 0 aromatic heterocycles. The van der Waals surface area contributed by atoms with Gasteiger partial charge in [0, 0.05) is 18.0 Å². The largest absolute Gasteiger partial charge is 0.384 e. The van der Waals surface area contributed by atoms with Crippen molar-refractivity contribution in [2.75, 3.05) is 23.9 Å². The van der Waals surface area contributed by atoms with Gasteiger partial charge in [-0.25, -0.2) is 4.39 Å². The van der Waals surface area contributed by atoms with E-state index < -0.39 is 0 Å². The summed E-state index contributed by atoms with van der Waals surface area (Å²) >= 11 is 1.79. The van der Waals surface area contributed by atoms with Crippen LogP contribution in [0, 0.1) is 12.7 Å². The van der Waals surface area contributed by atoms with Gasteiger partial charge < -0.3 is 5.32 Å². The van der Waals surface area contributed by atoms with Gasteiger partial charge in [-0.3, -0.25) is 0 Å². The number of hydrogen-bond donors (Lipinski definition) is 1. The van der Waals surface area contributed by atoms with Crippen LogP contribution in [0.2, 0.25) is 0 Å². The van der Waals surface area contributed by atoms with Crippen molar-refractivity contribution in [1.82, 2.24) is 0 Å². The molecule has 0 spiro atoms. The SMILES string of the molecule is CSCCNc1ccc(F)c(C)c1. The summed E-state index contributed by atoms with van der Waals surface area (Å²) in [5.74, 6) is 0.923. The van der Waals surface area contributed by atoms with Gasteiger partial charge in [-0.1, -0.05) is 0 Å². The molecular formula is C10H14FNS. The van der Waals surface area contributed by atoms with Crippen LogP contribution >= 0.6 is 11.8 Å². The van der Waals surface area contributed by atoms with Gasteiger partial charge >= 0.3 is 0 Å². The predicted octanol–water partition coefficient (Wildman–Crippen LogP) is 2.91. The fourth-order valence-electron chi connectivity index (χ4n) is 1.05. The number of aryl methyl sites for hydroxylation is 1. The topological polar surface area (TPSA) is 12.0 Å². The Bertz CT molecular complexity index is 276. The van der Waals surface area contributed by atoms with Gasteiger partial charge in [-0.15, -0.1) is 0 Å². The number of rotatable bonds is 4. The summed E-state index contributed by atoms with van der Waals surface area (Å²) in [7, 11) is 0. The summed E-state index contributed by atoms with van der Waals surface area (Å²) in [6, 6.07) is 5.09. The number of benzene rings is 1. The van der Waals surface area contributed by atoms with Crippen molar-refractivity contribution < 1.29 is 4.39 Å². The van der Waals surface area contributed by atoms with Gasteiger partial charge in [0.2, 0.25) is 0 Å². The van der Waals surface area contributed by atoms with Crippen LogP contribution in [0.4, 0.5) is 10.1 Å². The van der Waals surface area contributed by atoms with Crippen molar-refractivity contribution in [1.29, 1.82) is 0 Å². The van der Waals surface area contributed by atoms with Gasteiger partial charge in [-0.05, 0) is 36.9 Å². The molecule has 13 heavy (non-hydrogen) atoms. The van der Waals surface area contributed by atoms with Gasteiger partial charge in [0.05, 0.1) is 0 Å². The van der Waals surface area contributed by atoms with E-state index >= 15 is 0 Å². The van der Waals surface area contributed by atoms with Gasteiger partial charge in [0.25, 0.3) is 0 Å². The smallest absolute Gasteiger partial charge is 0.126 e. The first kappa shape index (κ1) is 10.4. The summed E-state index contributed by atoms with van der Waals surface area (Å²) < 4.78 is 12.9. The molecule has 1 aromatic carbocycles. The molecule has 0 saturated heterocycles.